The Kier molecular flexibility index (Phi) is 4.29. The summed E-state index contributed by atoms with van der Waals surface area (Å²) in [6, 6.07) is 18.5. The van der Waals surface area contributed by atoms with Crippen LogP contribution in [0, 0.1) is 0 Å². The number of hydrogen-bond acceptors (Lipinski definition) is 2. The van der Waals surface area contributed by atoms with Gasteiger partial charge in [0.05, 0.1) is 5.69 Å². The fraction of sp³-hybridized carbons (Fsp3) is 0.217. The number of carbonyl (C=O) groups excluding carboxylic acids is 1. The van der Waals surface area contributed by atoms with Crippen LogP contribution in [0.1, 0.15) is 36.3 Å². The van der Waals surface area contributed by atoms with Crippen LogP contribution in [0.3, 0.4) is 0 Å². The summed E-state index contributed by atoms with van der Waals surface area (Å²) in [5.74, 6) is 0.0160. The Morgan fingerprint density at radius 1 is 1.00 bits per heavy atom. The monoisotopic (exact) mass is 342 g/mol. The zero-order valence-electron chi connectivity index (χ0n) is 15.1. The van der Waals surface area contributed by atoms with Crippen LogP contribution in [0.5, 0.6) is 0 Å². The summed E-state index contributed by atoms with van der Waals surface area (Å²) in [6.07, 6.45) is 5.06. The smallest absolute Gasteiger partial charge is 0.273 e. The van der Waals surface area contributed by atoms with E-state index in [0.717, 1.165) is 34.0 Å². The molecule has 1 amide bonds. The van der Waals surface area contributed by atoms with Crippen molar-refractivity contribution < 1.29 is 4.79 Å². The minimum atomic E-state index is 0.0160. The minimum Gasteiger partial charge on any atom is -0.331 e. The Morgan fingerprint density at radius 3 is 2.42 bits per heavy atom. The van der Waals surface area contributed by atoms with Crippen molar-refractivity contribution >= 4 is 22.8 Å². The summed E-state index contributed by atoms with van der Waals surface area (Å²) in [6.45, 7) is 4.83. The van der Waals surface area contributed by atoms with Crippen LogP contribution in [-0.2, 0) is 0 Å². The van der Waals surface area contributed by atoms with E-state index in [-0.39, 0.29) is 11.9 Å². The van der Waals surface area contributed by atoms with Crippen LogP contribution in [0.15, 0.2) is 60.7 Å². The molecular formula is C23H22N2O. The van der Waals surface area contributed by atoms with E-state index >= 15 is 0 Å². The van der Waals surface area contributed by atoms with Gasteiger partial charge < -0.3 is 4.90 Å². The molecule has 2 aromatic carbocycles. The third kappa shape index (κ3) is 2.70. The predicted octanol–water partition coefficient (Wildman–Crippen LogP) is 5.17. The molecule has 0 fully saturated rings. The highest BCUT2D eigenvalue weighted by Crippen LogP contribution is 2.33. The first-order valence-corrected chi connectivity index (χ1v) is 9.16. The van der Waals surface area contributed by atoms with Gasteiger partial charge in [0.1, 0.15) is 5.69 Å². The molecule has 4 rings (SSSR count). The topological polar surface area (TPSA) is 33.2 Å². The van der Waals surface area contributed by atoms with Crippen LogP contribution in [0.25, 0.3) is 28.1 Å². The van der Waals surface area contributed by atoms with Gasteiger partial charge in [0.2, 0.25) is 0 Å². The lowest BCUT2D eigenvalue weighted by Gasteiger charge is -2.26. The van der Waals surface area contributed by atoms with Gasteiger partial charge in [-0.25, -0.2) is 4.98 Å². The normalized spacial score (nSPS) is 15.0. The number of nitrogens with zero attached hydrogens (tertiary/aromatic N) is 2. The Morgan fingerprint density at radius 2 is 1.69 bits per heavy atom. The average Bonchev–Trinajstić information content (AvgIpc) is 2.86. The molecule has 1 aliphatic heterocycles. The Labute approximate surface area is 154 Å². The van der Waals surface area contributed by atoms with Crippen LogP contribution in [0.4, 0.5) is 0 Å². The maximum Gasteiger partial charge on any atom is 0.273 e. The second-order valence-electron chi connectivity index (χ2n) is 6.75. The van der Waals surface area contributed by atoms with Gasteiger partial charge in [-0.1, -0.05) is 73.7 Å². The molecule has 1 aliphatic rings. The SMILES string of the molecule is CCC(C)N1CC=Cc2c(nc(-c3ccccc3)c3ccccc23)C1=O. The van der Waals surface area contributed by atoms with E-state index in [1.54, 1.807) is 0 Å². The first kappa shape index (κ1) is 16.5. The second-order valence-corrected chi connectivity index (χ2v) is 6.75. The fourth-order valence-electron chi connectivity index (χ4n) is 3.54. The predicted molar refractivity (Wildman–Crippen MR) is 107 cm³/mol. The van der Waals surface area contributed by atoms with E-state index in [0.29, 0.717) is 12.2 Å². The molecule has 1 atom stereocenters. The Bertz CT molecular complexity index is 992. The lowest BCUT2D eigenvalue weighted by atomic mass is 9.98. The Balaban J connectivity index is 2.00. The van der Waals surface area contributed by atoms with Crippen LogP contribution < -0.4 is 0 Å². The van der Waals surface area contributed by atoms with Gasteiger partial charge in [-0.05, 0) is 18.7 Å². The van der Waals surface area contributed by atoms with E-state index in [9.17, 15) is 4.79 Å². The van der Waals surface area contributed by atoms with Crippen molar-refractivity contribution in [3.05, 3.63) is 71.9 Å². The van der Waals surface area contributed by atoms with Gasteiger partial charge in [0, 0.05) is 29.1 Å². The fourth-order valence-corrected chi connectivity index (χ4v) is 3.54. The van der Waals surface area contributed by atoms with E-state index in [4.69, 9.17) is 4.98 Å². The van der Waals surface area contributed by atoms with Gasteiger partial charge in [0.25, 0.3) is 5.91 Å². The van der Waals surface area contributed by atoms with E-state index in [1.807, 2.05) is 47.4 Å². The number of carbonyl (C=O) groups is 1. The van der Waals surface area contributed by atoms with Crippen molar-refractivity contribution in [2.24, 2.45) is 0 Å². The highest BCUT2D eigenvalue weighted by atomic mass is 16.2. The van der Waals surface area contributed by atoms with Crippen molar-refractivity contribution in [2.45, 2.75) is 26.3 Å². The van der Waals surface area contributed by atoms with Crippen LogP contribution in [0.2, 0.25) is 0 Å². The number of amides is 1. The van der Waals surface area contributed by atoms with Gasteiger partial charge in [0.15, 0.2) is 0 Å². The molecule has 0 spiro atoms. The maximum absolute atomic E-state index is 13.3. The largest absolute Gasteiger partial charge is 0.331 e. The number of aromatic nitrogens is 1. The van der Waals surface area contributed by atoms with Crippen LogP contribution in [-0.4, -0.2) is 28.4 Å². The lowest BCUT2D eigenvalue weighted by molar-refractivity contribution is 0.0709. The minimum absolute atomic E-state index is 0.0160. The molecule has 3 heteroatoms. The number of pyridine rings is 1. The summed E-state index contributed by atoms with van der Waals surface area (Å²) >= 11 is 0. The first-order chi connectivity index (χ1) is 12.7. The van der Waals surface area contributed by atoms with Gasteiger partial charge in [-0.15, -0.1) is 0 Å². The van der Waals surface area contributed by atoms with Crippen molar-refractivity contribution in [1.29, 1.82) is 0 Å². The summed E-state index contributed by atoms with van der Waals surface area (Å²) in [4.78, 5) is 20.1. The summed E-state index contributed by atoms with van der Waals surface area (Å²) in [5, 5.41) is 2.15. The zero-order valence-corrected chi connectivity index (χ0v) is 15.1. The molecule has 0 saturated carbocycles. The quantitative estimate of drug-likeness (QED) is 0.658. The summed E-state index contributed by atoms with van der Waals surface area (Å²) in [7, 11) is 0. The number of benzene rings is 2. The zero-order chi connectivity index (χ0) is 18.1. The molecule has 2 heterocycles. The number of hydrogen-bond donors (Lipinski definition) is 0. The molecule has 3 nitrogen and oxygen atoms in total. The molecule has 130 valence electrons. The molecule has 26 heavy (non-hydrogen) atoms. The third-order valence-corrected chi connectivity index (χ3v) is 5.17. The number of rotatable bonds is 3. The highest BCUT2D eigenvalue weighted by molar-refractivity contribution is 6.08. The molecule has 1 aromatic heterocycles. The molecule has 0 radical (unpaired) electrons. The molecule has 0 bridgehead atoms. The lowest BCUT2D eigenvalue weighted by Crippen LogP contribution is -2.38. The third-order valence-electron chi connectivity index (χ3n) is 5.17. The van der Waals surface area contributed by atoms with Crippen molar-refractivity contribution in [3.63, 3.8) is 0 Å². The van der Waals surface area contributed by atoms with Crippen molar-refractivity contribution in [2.75, 3.05) is 6.54 Å². The standard InChI is InChI=1S/C23H22N2O/c1-3-16(2)25-15-9-14-20-18-12-7-8-13-19(18)21(24-22(20)23(25)26)17-10-5-4-6-11-17/h4-14,16H,3,15H2,1-2H3. The van der Waals surface area contributed by atoms with E-state index < -0.39 is 0 Å². The van der Waals surface area contributed by atoms with Gasteiger partial charge in [-0.3, -0.25) is 4.79 Å². The van der Waals surface area contributed by atoms with Gasteiger partial charge >= 0.3 is 0 Å². The molecule has 3 aromatic rings. The first-order valence-electron chi connectivity index (χ1n) is 9.16. The molecule has 0 saturated heterocycles. The summed E-state index contributed by atoms with van der Waals surface area (Å²) in [5.41, 5.74) is 3.38. The second kappa shape index (κ2) is 6.75. The average molecular weight is 342 g/mol. The van der Waals surface area contributed by atoms with Crippen molar-refractivity contribution in [3.8, 4) is 11.3 Å². The maximum atomic E-state index is 13.3. The highest BCUT2D eigenvalue weighted by Gasteiger charge is 2.27. The molecular weight excluding hydrogens is 320 g/mol. The number of fused-ring (bicyclic) bond motifs is 3. The Hall–Kier alpha value is -2.94. The van der Waals surface area contributed by atoms with Crippen molar-refractivity contribution in [1.82, 2.24) is 9.88 Å². The van der Waals surface area contributed by atoms with Gasteiger partial charge in [-0.2, -0.15) is 0 Å². The van der Waals surface area contributed by atoms with Crippen LogP contribution >= 0.6 is 0 Å². The van der Waals surface area contributed by atoms with E-state index in [1.165, 1.54) is 0 Å². The molecule has 0 aliphatic carbocycles. The summed E-state index contributed by atoms with van der Waals surface area (Å²) < 4.78 is 0. The van der Waals surface area contributed by atoms with E-state index in [2.05, 4.69) is 38.1 Å². The molecule has 1 unspecified atom stereocenters. The molecule has 0 N–H and O–H groups in total.